The van der Waals surface area contributed by atoms with Crippen molar-refractivity contribution in [3.05, 3.63) is 48.4 Å². The molecule has 0 radical (unpaired) electrons. The largest absolute Gasteiger partial charge is 0.495 e. The van der Waals surface area contributed by atoms with Gasteiger partial charge in [-0.15, -0.1) is 11.6 Å². The van der Waals surface area contributed by atoms with E-state index in [-0.39, 0.29) is 0 Å². The summed E-state index contributed by atoms with van der Waals surface area (Å²) in [5, 5.41) is 0. The number of ether oxygens (including phenoxy) is 1. The van der Waals surface area contributed by atoms with Gasteiger partial charge >= 0.3 is 0 Å². The van der Waals surface area contributed by atoms with E-state index in [1.54, 1.807) is 13.3 Å². The molecule has 1 aromatic carbocycles. The van der Waals surface area contributed by atoms with Crippen molar-refractivity contribution in [1.29, 1.82) is 0 Å². The monoisotopic (exact) mass is 287 g/mol. The van der Waals surface area contributed by atoms with E-state index in [0.29, 0.717) is 12.3 Å². The molecule has 102 valence electrons. The molecule has 3 rings (SSSR count). The number of methoxy groups -OCH3 is 1. The lowest BCUT2D eigenvalue weighted by atomic mass is 10.2. The van der Waals surface area contributed by atoms with E-state index in [0.717, 1.165) is 28.4 Å². The van der Waals surface area contributed by atoms with E-state index in [9.17, 15) is 0 Å². The summed E-state index contributed by atoms with van der Waals surface area (Å²) >= 11 is 5.89. The summed E-state index contributed by atoms with van der Waals surface area (Å²) in [6.45, 7) is 0. The van der Waals surface area contributed by atoms with Gasteiger partial charge in [0, 0.05) is 18.5 Å². The molecule has 0 bridgehead atoms. The van der Waals surface area contributed by atoms with Crippen LogP contribution in [-0.4, -0.2) is 27.5 Å². The third kappa shape index (κ3) is 2.12. The third-order valence-electron chi connectivity index (χ3n) is 3.13. The zero-order valence-corrected chi connectivity index (χ0v) is 11.8. The van der Waals surface area contributed by atoms with Gasteiger partial charge in [-0.2, -0.15) is 0 Å². The van der Waals surface area contributed by atoms with Gasteiger partial charge < -0.3 is 4.74 Å². The van der Waals surface area contributed by atoms with Crippen LogP contribution in [0.3, 0.4) is 0 Å². The maximum absolute atomic E-state index is 5.89. The number of rotatable bonds is 4. The Morgan fingerprint density at radius 3 is 2.85 bits per heavy atom. The summed E-state index contributed by atoms with van der Waals surface area (Å²) < 4.78 is 7.45. The molecule has 4 nitrogen and oxygen atoms in total. The van der Waals surface area contributed by atoms with Crippen molar-refractivity contribution in [2.24, 2.45) is 0 Å². The van der Waals surface area contributed by atoms with Gasteiger partial charge in [-0.1, -0.05) is 12.1 Å². The molecule has 0 N–H and O–H groups in total. The number of aryl methyl sites for hydroxylation is 1. The standard InChI is InChI=1S/C15H14ClN3O/c1-20-13-7-3-2-6-12(13)19-14(8-9-16)18-11-5-4-10-17-15(11)19/h2-7,10H,8-9H2,1H3. The Bertz CT molecular complexity index is 739. The summed E-state index contributed by atoms with van der Waals surface area (Å²) in [6.07, 6.45) is 2.44. The highest BCUT2D eigenvalue weighted by atomic mass is 35.5. The van der Waals surface area contributed by atoms with Crippen LogP contribution in [0, 0.1) is 0 Å². The molecule has 2 aromatic heterocycles. The predicted octanol–water partition coefficient (Wildman–Crippen LogP) is 3.21. The summed E-state index contributed by atoms with van der Waals surface area (Å²) in [5.41, 5.74) is 2.60. The summed E-state index contributed by atoms with van der Waals surface area (Å²) in [5.74, 6) is 2.19. The molecule has 0 saturated heterocycles. The Hall–Kier alpha value is -2.07. The number of pyridine rings is 1. The van der Waals surface area contributed by atoms with Crippen LogP contribution in [0.5, 0.6) is 5.75 Å². The molecule has 0 atom stereocenters. The van der Waals surface area contributed by atoms with Crippen LogP contribution in [0.1, 0.15) is 5.82 Å². The van der Waals surface area contributed by atoms with Crippen molar-refractivity contribution in [3.8, 4) is 11.4 Å². The lowest BCUT2D eigenvalue weighted by molar-refractivity contribution is 0.413. The van der Waals surface area contributed by atoms with Crippen molar-refractivity contribution in [1.82, 2.24) is 14.5 Å². The molecule has 20 heavy (non-hydrogen) atoms. The summed E-state index contributed by atoms with van der Waals surface area (Å²) in [7, 11) is 1.66. The number of aromatic nitrogens is 3. The summed E-state index contributed by atoms with van der Waals surface area (Å²) in [4.78, 5) is 9.05. The van der Waals surface area contributed by atoms with Crippen molar-refractivity contribution < 1.29 is 4.74 Å². The molecule has 5 heteroatoms. The van der Waals surface area contributed by atoms with E-state index in [2.05, 4.69) is 9.97 Å². The molecule has 0 saturated carbocycles. The number of benzene rings is 1. The SMILES string of the molecule is COc1ccccc1-n1c(CCCl)nc2cccnc21. The second kappa shape index (κ2) is 5.51. The van der Waals surface area contributed by atoms with Crippen LogP contribution in [0.15, 0.2) is 42.6 Å². The average Bonchev–Trinajstić information content (AvgIpc) is 2.85. The first-order valence-corrected chi connectivity index (χ1v) is 6.90. The number of para-hydroxylation sites is 2. The third-order valence-corrected chi connectivity index (χ3v) is 3.32. The maximum Gasteiger partial charge on any atom is 0.164 e. The smallest absolute Gasteiger partial charge is 0.164 e. The zero-order valence-electron chi connectivity index (χ0n) is 11.1. The van der Waals surface area contributed by atoms with Crippen LogP contribution >= 0.6 is 11.6 Å². The second-order valence-electron chi connectivity index (χ2n) is 4.32. The normalized spacial score (nSPS) is 10.9. The Labute approximate surface area is 122 Å². The molecular weight excluding hydrogens is 274 g/mol. The zero-order chi connectivity index (χ0) is 13.9. The summed E-state index contributed by atoms with van der Waals surface area (Å²) in [6, 6.07) is 11.7. The van der Waals surface area contributed by atoms with Crippen LogP contribution in [0.4, 0.5) is 0 Å². The van der Waals surface area contributed by atoms with Crippen LogP contribution in [0.25, 0.3) is 16.9 Å². The number of nitrogens with zero attached hydrogens (tertiary/aromatic N) is 3. The van der Waals surface area contributed by atoms with E-state index in [1.807, 2.05) is 41.0 Å². The van der Waals surface area contributed by atoms with Gasteiger partial charge in [0.1, 0.15) is 17.1 Å². The van der Waals surface area contributed by atoms with Crippen molar-refractivity contribution in [2.75, 3.05) is 13.0 Å². The highest BCUT2D eigenvalue weighted by molar-refractivity contribution is 6.17. The lowest BCUT2D eigenvalue weighted by Gasteiger charge is -2.12. The van der Waals surface area contributed by atoms with Gasteiger partial charge in [0.15, 0.2) is 5.65 Å². The van der Waals surface area contributed by atoms with Gasteiger partial charge in [-0.25, -0.2) is 9.97 Å². The van der Waals surface area contributed by atoms with Crippen molar-refractivity contribution in [3.63, 3.8) is 0 Å². The molecule has 0 aliphatic heterocycles. The number of halogens is 1. The number of hydrogen-bond acceptors (Lipinski definition) is 3. The van der Waals surface area contributed by atoms with Crippen molar-refractivity contribution in [2.45, 2.75) is 6.42 Å². The minimum absolute atomic E-state index is 0.512. The Kier molecular flexibility index (Phi) is 3.56. The molecule has 0 fully saturated rings. The minimum atomic E-state index is 0.512. The fraction of sp³-hybridized carbons (Fsp3) is 0.200. The number of hydrogen-bond donors (Lipinski definition) is 0. The fourth-order valence-corrected chi connectivity index (χ4v) is 2.45. The quantitative estimate of drug-likeness (QED) is 0.692. The molecule has 0 spiro atoms. The Morgan fingerprint density at radius 1 is 1.20 bits per heavy atom. The number of fused-ring (bicyclic) bond motifs is 1. The first-order valence-electron chi connectivity index (χ1n) is 6.37. The number of imidazole rings is 1. The minimum Gasteiger partial charge on any atom is -0.495 e. The molecule has 0 unspecified atom stereocenters. The second-order valence-corrected chi connectivity index (χ2v) is 4.70. The van der Waals surface area contributed by atoms with Crippen LogP contribution in [-0.2, 0) is 6.42 Å². The van der Waals surface area contributed by atoms with E-state index in [1.165, 1.54) is 0 Å². The Balaban J connectivity index is 2.30. The first-order chi connectivity index (χ1) is 9.85. The molecule has 0 amide bonds. The van der Waals surface area contributed by atoms with E-state index < -0.39 is 0 Å². The van der Waals surface area contributed by atoms with Gasteiger partial charge in [-0.3, -0.25) is 4.57 Å². The molecule has 3 aromatic rings. The van der Waals surface area contributed by atoms with E-state index in [4.69, 9.17) is 16.3 Å². The molecule has 0 aliphatic rings. The van der Waals surface area contributed by atoms with Crippen LogP contribution < -0.4 is 4.74 Å². The van der Waals surface area contributed by atoms with Gasteiger partial charge in [0.25, 0.3) is 0 Å². The first kappa shape index (κ1) is 12.9. The molecule has 2 heterocycles. The average molecular weight is 288 g/mol. The topological polar surface area (TPSA) is 39.9 Å². The van der Waals surface area contributed by atoms with Crippen molar-refractivity contribution >= 4 is 22.8 Å². The Morgan fingerprint density at radius 2 is 2.05 bits per heavy atom. The van der Waals surface area contributed by atoms with Gasteiger partial charge in [0.05, 0.1) is 12.8 Å². The van der Waals surface area contributed by atoms with Crippen LogP contribution in [0.2, 0.25) is 0 Å². The number of alkyl halides is 1. The van der Waals surface area contributed by atoms with Gasteiger partial charge in [0.2, 0.25) is 0 Å². The fourth-order valence-electron chi connectivity index (χ4n) is 2.28. The lowest BCUT2D eigenvalue weighted by Crippen LogP contribution is -2.04. The maximum atomic E-state index is 5.89. The van der Waals surface area contributed by atoms with Gasteiger partial charge in [-0.05, 0) is 24.3 Å². The highest BCUT2D eigenvalue weighted by Crippen LogP contribution is 2.27. The highest BCUT2D eigenvalue weighted by Gasteiger charge is 2.15. The molecule has 0 aliphatic carbocycles. The molecular formula is C15H14ClN3O. The predicted molar refractivity (Wildman–Crippen MR) is 79.8 cm³/mol. The van der Waals surface area contributed by atoms with E-state index >= 15 is 0 Å².